The summed E-state index contributed by atoms with van der Waals surface area (Å²) in [5, 5.41) is 0.662. The lowest BCUT2D eigenvalue weighted by Gasteiger charge is -2.52. The molecule has 21 heteroatoms. The van der Waals surface area contributed by atoms with Gasteiger partial charge in [0.25, 0.3) is 0 Å². The zero-order valence-corrected chi connectivity index (χ0v) is 45.5. The molecule has 0 N–H and O–H groups in total. The van der Waals surface area contributed by atoms with E-state index in [2.05, 4.69) is 0 Å². The molecule has 6 rings (SSSR count). The van der Waals surface area contributed by atoms with Crippen molar-refractivity contribution in [2.24, 2.45) is 0 Å². The molecule has 0 aromatic heterocycles. The van der Waals surface area contributed by atoms with Gasteiger partial charge in [-0.2, -0.15) is 0 Å². The number of esters is 7. The first-order valence-corrected chi connectivity index (χ1v) is 25.5. The Kier molecular flexibility index (Phi) is 20.9. The number of hydrogen-bond acceptors (Lipinski definition) is 19. The highest BCUT2D eigenvalue weighted by molar-refractivity contribution is 6.31. The average molecular weight is 1110 g/mol. The Morgan fingerprint density at radius 2 is 0.948 bits per heavy atom. The van der Waals surface area contributed by atoms with E-state index in [1.807, 2.05) is 50.2 Å². The Hall–Kier alpha value is -6.77. The first-order chi connectivity index (χ1) is 36.6. The van der Waals surface area contributed by atoms with Crippen LogP contribution in [0.2, 0.25) is 10.0 Å². The number of halogens is 2. The minimum Gasteiger partial charge on any atom is -0.494 e. The largest absolute Gasteiger partial charge is 0.494 e. The molecule has 19 nitrogen and oxygen atoms in total. The third-order valence-corrected chi connectivity index (χ3v) is 12.9. The second-order valence-electron chi connectivity index (χ2n) is 18.1. The van der Waals surface area contributed by atoms with Crippen LogP contribution in [0.25, 0.3) is 0 Å². The lowest BCUT2D eigenvalue weighted by molar-refractivity contribution is -0.382. The number of carbonyl (C=O) groups is 7. The van der Waals surface area contributed by atoms with Crippen LogP contribution in [0, 0.1) is 0 Å². The molecule has 2 saturated heterocycles. The van der Waals surface area contributed by atoms with Gasteiger partial charge < -0.3 is 56.8 Å². The molecular weight excluding hydrogens is 1050 g/mol. The fraction of sp³-hybridized carbons (Fsp3) is 0.446. The summed E-state index contributed by atoms with van der Waals surface area (Å²) in [7, 11) is 0. The van der Waals surface area contributed by atoms with E-state index in [1.54, 1.807) is 36.4 Å². The second-order valence-corrected chi connectivity index (χ2v) is 18.9. The average Bonchev–Trinajstić information content (AvgIpc) is 3.35. The van der Waals surface area contributed by atoms with Crippen LogP contribution >= 0.6 is 23.2 Å². The smallest absolute Gasteiger partial charge is 0.303 e. The molecule has 10 atom stereocenters. The van der Waals surface area contributed by atoms with Gasteiger partial charge in [0, 0.05) is 64.1 Å². The zero-order chi connectivity index (χ0) is 56.1. The Morgan fingerprint density at radius 1 is 0.494 bits per heavy atom. The van der Waals surface area contributed by atoms with Crippen LogP contribution < -0.4 is 9.47 Å². The minimum absolute atomic E-state index is 0.0719. The Bertz CT molecular complexity index is 2750. The van der Waals surface area contributed by atoms with E-state index in [0.717, 1.165) is 59.6 Å². The Morgan fingerprint density at radius 3 is 1.44 bits per heavy atom. The van der Waals surface area contributed by atoms with E-state index < -0.39 is 116 Å². The number of rotatable bonds is 21. The van der Waals surface area contributed by atoms with Crippen molar-refractivity contribution in [2.75, 3.05) is 26.4 Å². The summed E-state index contributed by atoms with van der Waals surface area (Å²) >= 11 is 13.7. The van der Waals surface area contributed by atoms with E-state index >= 15 is 0 Å². The fourth-order valence-electron chi connectivity index (χ4n) is 9.22. The van der Waals surface area contributed by atoms with Gasteiger partial charge in [-0.3, -0.25) is 33.6 Å². The van der Waals surface area contributed by atoms with E-state index in [-0.39, 0.29) is 17.0 Å². The molecule has 414 valence electrons. The van der Waals surface area contributed by atoms with Crippen LogP contribution in [0.1, 0.15) is 102 Å². The first kappa shape index (κ1) is 59.5. The summed E-state index contributed by atoms with van der Waals surface area (Å²) in [5.41, 5.74) is 3.22. The van der Waals surface area contributed by atoms with E-state index in [0.29, 0.717) is 52.8 Å². The van der Waals surface area contributed by atoms with Crippen molar-refractivity contribution < 1.29 is 90.4 Å². The third-order valence-electron chi connectivity index (χ3n) is 12.1. The van der Waals surface area contributed by atoms with Crippen molar-refractivity contribution in [3.8, 4) is 11.5 Å². The Labute approximate surface area is 455 Å². The standard InChI is InChI=1S/C56H62Cl2O19/c1-10-66-43-18-12-37(13-19-43)24-40-26-39(16-22-45(40)57)49-52(72-33(6)62)53(73-34(7)63)50(70-31(4)60)47(76-49)29-69-56(42-17-23-46(58)41(27-42)25-38-14-20-44(21-15-38)67-11-2)55(75-36(9)65)54(74-35(8)64)51(71-32(5)61)48(77-56)28-68-30(3)59/h12-23,26-27,47-55H,10-11,24-25,28-29H2,1-9H3/t47-,48-,49+,50-,51-,52+,53+,54+,55-,56+/m1/s1. The molecule has 0 unspecified atom stereocenters. The maximum Gasteiger partial charge on any atom is 0.303 e. The second kappa shape index (κ2) is 27.0. The minimum atomic E-state index is -2.49. The molecule has 0 amide bonds. The van der Waals surface area contributed by atoms with Gasteiger partial charge in [-0.1, -0.05) is 65.7 Å². The molecule has 0 spiro atoms. The summed E-state index contributed by atoms with van der Waals surface area (Å²) in [6.45, 7) is 11.0. The molecule has 4 aromatic rings. The van der Waals surface area contributed by atoms with Gasteiger partial charge in [0.15, 0.2) is 30.5 Å². The first-order valence-electron chi connectivity index (χ1n) is 24.8. The van der Waals surface area contributed by atoms with Gasteiger partial charge in [-0.15, -0.1) is 0 Å². The number of ether oxygens (including phenoxy) is 12. The zero-order valence-electron chi connectivity index (χ0n) is 44.0. The van der Waals surface area contributed by atoms with Gasteiger partial charge in [-0.25, -0.2) is 0 Å². The van der Waals surface area contributed by atoms with E-state index in [1.165, 1.54) is 12.1 Å². The van der Waals surface area contributed by atoms with Crippen molar-refractivity contribution in [2.45, 2.75) is 136 Å². The van der Waals surface area contributed by atoms with Gasteiger partial charge in [0.2, 0.25) is 11.9 Å². The number of carbonyl (C=O) groups excluding carboxylic acids is 7. The summed E-state index contributed by atoms with van der Waals surface area (Å²) in [5.74, 6) is -7.22. The predicted molar refractivity (Wildman–Crippen MR) is 274 cm³/mol. The fourth-order valence-corrected chi connectivity index (χ4v) is 9.58. The van der Waals surface area contributed by atoms with Crippen LogP contribution in [0.15, 0.2) is 84.9 Å². The molecule has 2 fully saturated rings. The maximum absolute atomic E-state index is 13.4. The Balaban J connectivity index is 1.56. The molecule has 0 radical (unpaired) electrons. The highest BCUT2D eigenvalue weighted by Crippen LogP contribution is 2.47. The van der Waals surface area contributed by atoms with Crippen molar-refractivity contribution in [3.63, 3.8) is 0 Å². The molecule has 0 bridgehead atoms. The summed E-state index contributed by atoms with van der Waals surface area (Å²) < 4.78 is 72.8. The maximum atomic E-state index is 13.4. The topological polar surface area (TPSA) is 230 Å². The molecule has 2 heterocycles. The third kappa shape index (κ3) is 15.7. The van der Waals surface area contributed by atoms with Crippen LogP contribution in [-0.2, 0) is 99.6 Å². The van der Waals surface area contributed by atoms with Gasteiger partial charge in [0.1, 0.15) is 36.4 Å². The van der Waals surface area contributed by atoms with Gasteiger partial charge >= 0.3 is 41.8 Å². The van der Waals surface area contributed by atoms with Crippen LogP contribution in [0.5, 0.6) is 11.5 Å². The monoisotopic (exact) mass is 1110 g/mol. The molecule has 77 heavy (non-hydrogen) atoms. The van der Waals surface area contributed by atoms with E-state index in [9.17, 15) is 33.6 Å². The highest BCUT2D eigenvalue weighted by Gasteiger charge is 2.63. The van der Waals surface area contributed by atoms with Crippen LogP contribution in [0.3, 0.4) is 0 Å². The molecule has 2 aliphatic heterocycles. The number of hydrogen-bond donors (Lipinski definition) is 0. The van der Waals surface area contributed by atoms with Crippen molar-refractivity contribution in [3.05, 3.63) is 128 Å². The molecule has 2 aliphatic rings. The molecule has 0 saturated carbocycles. The van der Waals surface area contributed by atoms with Crippen molar-refractivity contribution in [1.29, 1.82) is 0 Å². The normalized spacial score (nSPS) is 23.8. The number of benzene rings is 4. The quantitative estimate of drug-likeness (QED) is 0.0571. The predicted octanol–water partition coefficient (Wildman–Crippen LogP) is 7.83. The lowest BCUT2D eigenvalue weighted by atomic mass is 9.85. The SMILES string of the molecule is CCOc1ccc(Cc2cc([C@@H]3O[C@H](CO[C@@]4(c5ccc(Cl)c(Cc6ccc(OCC)cc6)c5)O[C@H](COC(C)=O)[C@@H](OC(C)=O)[C@H](OC(C)=O)[C@H]4OC(C)=O)[C@@H](OC(C)=O)[C@H](OC(C)=O)[C@H]3OC(C)=O)ccc2Cl)cc1. The summed E-state index contributed by atoms with van der Waals surface area (Å²) in [6.07, 6.45) is -13.8. The van der Waals surface area contributed by atoms with Gasteiger partial charge in [0.05, 0.1) is 19.8 Å². The van der Waals surface area contributed by atoms with Crippen LogP contribution in [0.4, 0.5) is 0 Å². The van der Waals surface area contributed by atoms with Gasteiger partial charge in [-0.05, 0) is 97.0 Å². The molecule has 4 aromatic carbocycles. The molecule has 0 aliphatic carbocycles. The van der Waals surface area contributed by atoms with Crippen LogP contribution in [-0.4, -0.2) is 117 Å². The summed E-state index contributed by atoms with van der Waals surface area (Å²) in [4.78, 5) is 91.1. The highest BCUT2D eigenvalue weighted by atomic mass is 35.5. The summed E-state index contributed by atoms with van der Waals surface area (Å²) in [6, 6.07) is 24.3. The molecular formula is C56H62Cl2O19. The lowest BCUT2D eigenvalue weighted by Crippen LogP contribution is -2.68. The van der Waals surface area contributed by atoms with Crippen molar-refractivity contribution in [1.82, 2.24) is 0 Å². The van der Waals surface area contributed by atoms with E-state index in [4.69, 9.17) is 80.0 Å². The van der Waals surface area contributed by atoms with Crippen molar-refractivity contribution >= 4 is 65.0 Å².